The van der Waals surface area contributed by atoms with Gasteiger partial charge in [-0.25, -0.2) is 4.68 Å². The van der Waals surface area contributed by atoms with Crippen molar-refractivity contribution in [2.24, 2.45) is 0 Å². The van der Waals surface area contributed by atoms with Crippen LogP contribution in [0.1, 0.15) is 24.4 Å². The summed E-state index contributed by atoms with van der Waals surface area (Å²) in [5.41, 5.74) is 0.725. The van der Waals surface area contributed by atoms with Gasteiger partial charge in [-0.05, 0) is 52.7 Å². The molecule has 0 amide bonds. The molecular weight excluding hydrogens is 272 g/mol. The van der Waals surface area contributed by atoms with Crippen molar-refractivity contribution in [3.63, 3.8) is 0 Å². The average Bonchev–Trinajstić information content (AvgIpc) is 3.11. The molecule has 0 bridgehead atoms. The number of aliphatic hydroxyl groups is 1. The van der Waals surface area contributed by atoms with Gasteiger partial charge in [0.1, 0.15) is 0 Å². The predicted molar refractivity (Wildman–Crippen MR) is 67.6 cm³/mol. The first-order valence-corrected chi connectivity index (χ1v) is 6.82. The molecule has 2 aromatic rings. The number of benzene rings is 1. The third-order valence-electron chi connectivity index (χ3n) is 2.76. The fourth-order valence-electron chi connectivity index (χ4n) is 1.63. The van der Waals surface area contributed by atoms with Crippen LogP contribution in [-0.2, 0) is 6.61 Å². The Morgan fingerprint density at radius 2 is 2.28 bits per heavy atom. The lowest BCUT2D eigenvalue weighted by molar-refractivity contribution is 0.282. The van der Waals surface area contributed by atoms with E-state index in [4.69, 9.17) is 16.7 Å². The van der Waals surface area contributed by atoms with Gasteiger partial charge in [-0.2, -0.15) is 0 Å². The van der Waals surface area contributed by atoms with E-state index in [1.54, 1.807) is 0 Å². The molecule has 1 heterocycles. The van der Waals surface area contributed by atoms with E-state index in [0.717, 1.165) is 28.5 Å². The SMILES string of the molecule is OCc1ccc(Sc2nnnn2C2CC2)cc1Cl. The van der Waals surface area contributed by atoms with Crippen LogP contribution in [0.3, 0.4) is 0 Å². The molecule has 0 unspecified atom stereocenters. The second-order valence-corrected chi connectivity index (χ2v) is 5.60. The fraction of sp³-hybridized carbons (Fsp3) is 0.364. The minimum Gasteiger partial charge on any atom is -0.392 e. The quantitative estimate of drug-likeness (QED) is 0.932. The number of hydrogen-bond donors (Lipinski definition) is 1. The number of rotatable bonds is 4. The van der Waals surface area contributed by atoms with Crippen molar-refractivity contribution in [2.75, 3.05) is 0 Å². The topological polar surface area (TPSA) is 63.8 Å². The van der Waals surface area contributed by atoms with Gasteiger partial charge in [0.15, 0.2) is 0 Å². The summed E-state index contributed by atoms with van der Waals surface area (Å²) in [6, 6.07) is 6.00. The summed E-state index contributed by atoms with van der Waals surface area (Å²) in [5.74, 6) is 0. The van der Waals surface area contributed by atoms with Crippen molar-refractivity contribution >= 4 is 23.4 Å². The summed E-state index contributed by atoms with van der Waals surface area (Å²) in [7, 11) is 0. The molecule has 1 aromatic carbocycles. The molecule has 0 radical (unpaired) electrons. The Kier molecular flexibility index (Phi) is 3.23. The maximum absolute atomic E-state index is 9.06. The van der Waals surface area contributed by atoms with Crippen molar-refractivity contribution in [2.45, 2.75) is 35.5 Å². The summed E-state index contributed by atoms with van der Waals surface area (Å²) in [5, 5.41) is 22.1. The lowest BCUT2D eigenvalue weighted by Gasteiger charge is -2.05. The van der Waals surface area contributed by atoms with Gasteiger partial charge in [0.05, 0.1) is 12.6 Å². The van der Waals surface area contributed by atoms with Gasteiger partial charge in [-0.15, -0.1) is 5.10 Å². The molecule has 3 rings (SSSR count). The van der Waals surface area contributed by atoms with Crippen molar-refractivity contribution in [1.29, 1.82) is 0 Å². The van der Waals surface area contributed by atoms with E-state index in [0.29, 0.717) is 11.1 Å². The Bertz CT molecular complexity index is 570. The molecule has 18 heavy (non-hydrogen) atoms. The van der Waals surface area contributed by atoms with E-state index in [1.165, 1.54) is 11.8 Å². The third kappa shape index (κ3) is 2.36. The van der Waals surface area contributed by atoms with Crippen molar-refractivity contribution in [1.82, 2.24) is 20.2 Å². The minimum absolute atomic E-state index is 0.0520. The van der Waals surface area contributed by atoms with Crippen LogP contribution < -0.4 is 0 Å². The highest BCUT2D eigenvalue weighted by atomic mass is 35.5. The molecule has 0 saturated heterocycles. The second kappa shape index (κ2) is 4.87. The maximum Gasteiger partial charge on any atom is 0.214 e. The van der Waals surface area contributed by atoms with E-state index >= 15 is 0 Å². The van der Waals surface area contributed by atoms with Gasteiger partial charge in [-0.3, -0.25) is 0 Å². The molecule has 7 heteroatoms. The number of nitrogens with zero attached hydrogens (tertiary/aromatic N) is 4. The highest BCUT2D eigenvalue weighted by molar-refractivity contribution is 7.99. The molecule has 1 aliphatic rings. The zero-order chi connectivity index (χ0) is 12.5. The second-order valence-electron chi connectivity index (χ2n) is 4.15. The molecule has 94 valence electrons. The molecule has 1 N–H and O–H groups in total. The van der Waals surface area contributed by atoms with Crippen LogP contribution in [0.5, 0.6) is 0 Å². The smallest absolute Gasteiger partial charge is 0.214 e. The van der Waals surface area contributed by atoms with Gasteiger partial charge in [0.25, 0.3) is 0 Å². The number of aromatic nitrogens is 4. The number of halogens is 1. The molecule has 1 aromatic heterocycles. The lowest BCUT2D eigenvalue weighted by Crippen LogP contribution is -1.98. The zero-order valence-corrected chi connectivity index (χ0v) is 11.0. The highest BCUT2D eigenvalue weighted by Crippen LogP contribution is 2.38. The average molecular weight is 283 g/mol. The van der Waals surface area contributed by atoms with Crippen LogP contribution in [-0.4, -0.2) is 25.3 Å². The first-order valence-electron chi connectivity index (χ1n) is 5.63. The van der Waals surface area contributed by atoms with Crippen LogP contribution in [0, 0.1) is 0 Å². The van der Waals surface area contributed by atoms with E-state index < -0.39 is 0 Å². The van der Waals surface area contributed by atoms with Gasteiger partial charge in [0, 0.05) is 9.92 Å². The van der Waals surface area contributed by atoms with Crippen LogP contribution in [0.4, 0.5) is 0 Å². The standard InChI is InChI=1S/C11H11ClN4OS/c12-10-5-9(4-1-7(10)6-17)18-11-13-14-15-16(11)8-2-3-8/h1,4-5,8,17H,2-3,6H2. The van der Waals surface area contributed by atoms with E-state index in [-0.39, 0.29) is 6.61 Å². The summed E-state index contributed by atoms with van der Waals surface area (Å²) in [6.07, 6.45) is 2.28. The number of hydrogen-bond acceptors (Lipinski definition) is 5. The van der Waals surface area contributed by atoms with E-state index in [2.05, 4.69) is 15.5 Å². The van der Waals surface area contributed by atoms with Crippen LogP contribution >= 0.6 is 23.4 Å². The monoisotopic (exact) mass is 282 g/mol. The molecule has 0 aliphatic heterocycles. The molecule has 1 aliphatic carbocycles. The minimum atomic E-state index is -0.0520. The highest BCUT2D eigenvalue weighted by Gasteiger charge is 2.28. The summed E-state index contributed by atoms with van der Waals surface area (Å²) in [4.78, 5) is 0.967. The first-order chi connectivity index (χ1) is 8.78. The molecule has 0 atom stereocenters. The predicted octanol–water partition coefficient (Wildman–Crippen LogP) is 2.30. The van der Waals surface area contributed by atoms with E-state index in [9.17, 15) is 0 Å². The molecular formula is C11H11ClN4OS. The van der Waals surface area contributed by atoms with Crippen molar-refractivity contribution in [3.05, 3.63) is 28.8 Å². The summed E-state index contributed by atoms with van der Waals surface area (Å²) in [6.45, 7) is -0.0520. The van der Waals surface area contributed by atoms with Crippen LogP contribution in [0.15, 0.2) is 28.3 Å². The normalized spacial score (nSPS) is 15.0. The first kappa shape index (κ1) is 12.0. The summed E-state index contributed by atoms with van der Waals surface area (Å²) >= 11 is 7.54. The molecule has 1 fully saturated rings. The Morgan fingerprint density at radius 3 is 2.94 bits per heavy atom. The van der Waals surface area contributed by atoms with Crippen LogP contribution in [0.25, 0.3) is 0 Å². The van der Waals surface area contributed by atoms with Crippen molar-refractivity contribution < 1.29 is 5.11 Å². The van der Waals surface area contributed by atoms with Gasteiger partial charge < -0.3 is 5.11 Å². The Morgan fingerprint density at radius 1 is 1.44 bits per heavy atom. The van der Waals surface area contributed by atoms with Gasteiger partial charge >= 0.3 is 0 Å². The fourth-order valence-corrected chi connectivity index (χ4v) is 2.81. The van der Waals surface area contributed by atoms with E-state index in [1.807, 2.05) is 22.9 Å². The summed E-state index contributed by atoms with van der Waals surface area (Å²) < 4.78 is 1.86. The Hall–Kier alpha value is -1.11. The Balaban J connectivity index is 1.83. The third-order valence-corrected chi connectivity index (χ3v) is 4.05. The van der Waals surface area contributed by atoms with Crippen molar-refractivity contribution in [3.8, 4) is 0 Å². The largest absolute Gasteiger partial charge is 0.392 e. The number of tetrazole rings is 1. The van der Waals surface area contributed by atoms with Gasteiger partial charge in [-0.1, -0.05) is 17.7 Å². The van der Waals surface area contributed by atoms with Crippen LogP contribution in [0.2, 0.25) is 5.02 Å². The molecule has 5 nitrogen and oxygen atoms in total. The number of aliphatic hydroxyl groups excluding tert-OH is 1. The van der Waals surface area contributed by atoms with Gasteiger partial charge in [0.2, 0.25) is 5.16 Å². The lowest BCUT2D eigenvalue weighted by atomic mass is 10.2. The zero-order valence-electron chi connectivity index (χ0n) is 9.45. The Labute approximate surface area is 113 Å². The molecule has 1 saturated carbocycles. The molecule has 0 spiro atoms. The maximum atomic E-state index is 9.06.